The molecule has 1 N–H and O–H groups in total. The summed E-state index contributed by atoms with van der Waals surface area (Å²) in [6.07, 6.45) is 5.46. The van der Waals surface area contributed by atoms with Crippen LogP contribution in [0.3, 0.4) is 0 Å². The highest BCUT2D eigenvalue weighted by Crippen LogP contribution is 2.28. The predicted octanol–water partition coefficient (Wildman–Crippen LogP) is 2.72. The number of phenolic OH excluding ortho intramolecular Hbond substituents is 1. The van der Waals surface area contributed by atoms with Crippen molar-refractivity contribution >= 4 is 5.78 Å². The molecule has 3 aromatic rings. The Morgan fingerprint density at radius 3 is 2.72 bits per heavy atom. The molecule has 0 aliphatic rings. The molecule has 0 bridgehead atoms. The average Bonchev–Trinajstić information content (AvgIpc) is 2.79. The van der Waals surface area contributed by atoms with Gasteiger partial charge in [0.2, 0.25) is 5.78 Å². The first-order valence-corrected chi connectivity index (χ1v) is 5.75. The van der Waals surface area contributed by atoms with E-state index in [1.807, 2.05) is 36.7 Å². The Kier molecular flexibility index (Phi) is 2.30. The standard InChI is InChI=1S/C14H13N3O/c1-9-7-11(18)3-4-12(9)13-10(2)8-16-14-15-5-6-17(13)14/h3-8,18H,1-2H3. The quantitative estimate of drug-likeness (QED) is 0.710. The third-order valence-electron chi connectivity index (χ3n) is 3.07. The lowest BCUT2D eigenvalue weighted by Crippen LogP contribution is -1.98. The van der Waals surface area contributed by atoms with Crippen molar-refractivity contribution < 1.29 is 5.11 Å². The van der Waals surface area contributed by atoms with Crippen LogP contribution >= 0.6 is 0 Å². The second-order valence-electron chi connectivity index (χ2n) is 4.39. The molecule has 1 aromatic carbocycles. The van der Waals surface area contributed by atoms with E-state index in [1.54, 1.807) is 18.3 Å². The van der Waals surface area contributed by atoms with Gasteiger partial charge in [0, 0.05) is 24.2 Å². The molecule has 4 heteroatoms. The van der Waals surface area contributed by atoms with Crippen molar-refractivity contribution in [2.75, 3.05) is 0 Å². The Labute approximate surface area is 105 Å². The van der Waals surface area contributed by atoms with Crippen molar-refractivity contribution in [1.29, 1.82) is 0 Å². The highest BCUT2D eigenvalue weighted by molar-refractivity contribution is 5.69. The number of rotatable bonds is 1. The molecule has 0 atom stereocenters. The molecule has 2 heterocycles. The van der Waals surface area contributed by atoms with Gasteiger partial charge >= 0.3 is 0 Å². The number of hydrogen-bond acceptors (Lipinski definition) is 3. The van der Waals surface area contributed by atoms with Gasteiger partial charge in [-0.3, -0.25) is 4.40 Å². The minimum absolute atomic E-state index is 0.282. The maximum Gasteiger partial charge on any atom is 0.234 e. The number of hydrogen-bond donors (Lipinski definition) is 1. The Hall–Kier alpha value is -2.36. The Bertz CT molecular complexity index is 731. The minimum Gasteiger partial charge on any atom is -0.508 e. The molecule has 0 saturated heterocycles. The van der Waals surface area contributed by atoms with Gasteiger partial charge in [-0.1, -0.05) is 0 Å². The molecule has 0 unspecified atom stereocenters. The lowest BCUT2D eigenvalue weighted by molar-refractivity contribution is 0.475. The van der Waals surface area contributed by atoms with Gasteiger partial charge in [-0.05, 0) is 43.2 Å². The Morgan fingerprint density at radius 2 is 1.94 bits per heavy atom. The molecule has 0 fully saturated rings. The van der Waals surface area contributed by atoms with Crippen LogP contribution in [0.4, 0.5) is 0 Å². The number of benzene rings is 1. The fraction of sp³-hybridized carbons (Fsp3) is 0.143. The van der Waals surface area contributed by atoms with Crippen molar-refractivity contribution in [3.05, 3.63) is 47.9 Å². The first-order chi connectivity index (χ1) is 8.66. The van der Waals surface area contributed by atoms with E-state index < -0.39 is 0 Å². The summed E-state index contributed by atoms with van der Waals surface area (Å²) < 4.78 is 1.97. The van der Waals surface area contributed by atoms with E-state index in [9.17, 15) is 5.11 Å². The van der Waals surface area contributed by atoms with Gasteiger partial charge in [-0.2, -0.15) is 0 Å². The van der Waals surface area contributed by atoms with Crippen molar-refractivity contribution in [3.8, 4) is 17.0 Å². The minimum atomic E-state index is 0.282. The lowest BCUT2D eigenvalue weighted by atomic mass is 10.0. The third kappa shape index (κ3) is 1.54. The zero-order valence-electron chi connectivity index (χ0n) is 10.3. The van der Waals surface area contributed by atoms with E-state index in [1.165, 1.54) is 0 Å². The molecule has 0 amide bonds. The maximum atomic E-state index is 9.50. The molecule has 90 valence electrons. The van der Waals surface area contributed by atoms with Crippen LogP contribution in [0.5, 0.6) is 5.75 Å². The zero-order chi connectivity index (χ0) is 12.7. The van der Waals surface area contributed by atoms with E-state index in [4.69, 9.17) is 0 Å². The summed E-state index contributed by atoms with van der Waals surface area (Å²) >= 11 is 0. The highest BCUT2D eigenvalue weighted by Gasteiger charge is 2.11. The lowest BCUT2D eigenvalue weighted by Gasteiger charge is -2.11. The predicted molar refractivity (Wildman–Crippen MR) is 69.6 cm³/mol. The molecule has 0 saturated carbocycles. The summed E-state index contributed by atoms with van der Waals surface area (Å²) in [5.41, 5.74) is 4.25. The molecule has 0 radical (unpaired) electrons. The fourth-order valence-corrected chi connectivity index (χ4v) is 2.23. The molecule has 0 aliphatic heterocycles. The number of aromatic nitrogens is 3. The van der Waals surface area contributed by atoms with E-state index in [0.717, 1.165) is 22.4 Å². The second kappa shape index (κ2) is 3.84. The zero-order valence-corrected chi connectivity index (χ0v) is 10.3. The first-order valence-electron chi connectivity index (χ1n) is 5.75. The van der Waals surface area contributed by atoms with Gasteiger partial charge in [0.25, 0.3) is 0 Å². The van der Waals surface area contributed by atoms with Gasteiger partial charge in [0.1, 0.15) is 5.75 Å². The topological polar surface area (TPSA) is 50.4 Å². The third-order valence-corrected chi connectivity index (χ3v) is 3.07. The molecule has 18 heavy (non-hydrogen) atoms. The van der Waals surface area contributed by atoms with Crippen LogP contribution in [0, 0.1) is 13.8 Å². The number of phenols is 1. The number of nitrogens with zero attached hydrogens (tertiary/aromatic N) is 3. The largest absolute Gasteiger partial charge is 0.508 e. The highest BCUT2D eigenvalue weighted by atomic mass is 16.3. The van der Waals surface area contributed by atoms with Crippen LogP contribution in [-0.4, -0.2) is 19.5 Å². The fourth-order valence-electron chi connectivity index (χ4n) is 2.23. The van der Waals surface area contributed by atoms with Crippen LogP contribution in [0.2, 0.25) is 0 Å². The molecule has 3 rings (SSSR count). The van der Waals surface area contributed by atoms with Crippen LogP contribution in [0.1, 0.15) is 11.1 Å². The second-order valence-corrected chi connectivity index (χ2v) is 4.39. The smallest absolute Gasteiger partial charge is 0.234 e. The Balaban J connectivity index is 2.36. The summed E-state index contributed by atoms with van der Waals surface area (Å²) in [5, 5.41) is 9.50. The van der Waals surface area contributed by atoms with Crippen LogP contribution in [0.25, 0.3) is 17.0 Å². The maximum absolute atomic E-state index is 9.50. The van der Waals surface area contributed by atoms with Gasteiger partial charge in [0.05, 0.1) is 5.69 Å². The van der Waals surface area contributed by atoms with Gasteiger partial charge in [-0.25, -0.2) is 9.97 Å². The van der Waals surface area contributed by atoms with Gasteiger partial charge in [-0.15, -0.1) is 0 Å². The van der Waals surface area contributed by atoms with Crippen molar-refractivity contribution in [3.63, 3.8) is 0 Å². The van der Waals surface area contributed by atoms with E-state index >= 15 is 0 Å². The normalized spacial score (nSPS) is 11.0. The van der Waals surface area contributed by atoms with Gasteiger partial charge in [0.15, 0.2) is 0 Å². The molecular formula is C14H13N3O. The van der Waals surface area contributed by atoms with Crippen LogP contribution in [-0.2, 0) is 0 Å². The SMILES string of the molecule is Cc1cc(O)ccc1-c1c(C)cnc2nccn12. The van der Waals surface area contributed by atoms with Gasteiger partial charge < -0.3 is 5.11 Å². The number of fused-ring (bicyclic) bond motifs is 1. The number of imidazole rings is 1. The van der Waals surface area contributed by atoms with Crippen LogP contribution in [0.15, 0.2) is 36.8 Å². The van der Waals surface area contributed by atoms with E-state index in [2.05, 4.69) is 9.97 Å². The number of aromatic hydroxyl groups is 1. The van der Waals surface area contributed by atoms with Crippen molar-refractivity contribution in [1.82, 2.24) is 14.4 Å². The molecule has 0 spiro atoms. The molecule has 2 aromatic heterocycles. The Morgan fingerprint density at radius 1 is 1.11 bits per heavy atom. The molecule has 0 aliphatic carbocycles. The van der Waals surface area contributed by atoms with Crippen molar-refractivity contribution in [2.24, 2.45) is 0 Å². The van der Waals surface area contributed by atoms with Crippen molar-refractivity contribution in [2.45, 2.75) is 13.8 Å². The summed E-state index contributed by atoms with van der Waals surface area (Å²) in [5.74, 6) is 0.966. The van der Waals surface area contributed by atoms with E-state index in [-0.39, 0.29) is 5.75 Å². The van der Waals surface area contributed by atoms with Crippen LogP contribution < -0.4 is 0 Å². The molecule has 4 nitrogen and oxygen atoms in total. The van der Waals surface area contributed by atoms with E-state index in [0.29, 0.717) is 5.78 Å². The summed E-state index contributed by atoms with van der Waals surface area (Å²) in [4.78, 5) is 8.47. The monoisotopic (exact) mass is 239 g/mol. The average molecular weight is 239 g/mol. The summed E-state index contributed by atoms with van der Waals surface area (Å²) in [7, 11) is 0. The number of aryl methyl sites for hydroxylation is 2. The molecular weight excluding hydrogens is 226 g/mol. The first kappa shape index (κ1) is 10.8. The summed E-state index contributed by atoms with van der Waals surface area (Å²) in [6, 6.07) is 5.38. The summed E-state index contributed by atoms with van der Waals surface area (Å²) in [6.45, 7) is 4.01.